The van der Waals surface area contributed by atoms with Gasteiger partial charge >= 0.3 is 0 Å². The molecule has 16 heavy (non-hydrogen) atoms. The molecule has 88 valence electrons. The van der Waals surface area contributed by atoms with Crippen LogP contribution in [0.2, 0.25) is 0 Å². The van der Waals surface area contributed by atoms with Gasteiger partial charge in [0.25, 0.3) is 0 Å². The zero-order valence-corrected chi connectivity index (χ0v) is 12.0. The Labute approximate surface area is 110 Å². The second-order valence-electron chi connectivity index (χ2n) is 4.68. The first-order valence-corrected chi connectivity index (χ1v) is 7.54. The summed E-state index contributed by atoms with van der Waals surface area (Å²) in [5, 5.41) is 0.757. The summed E-state index contributed by atoms with van der Waals surface area (Å²) in [7, 11) is 0. The average Bonchev–Trinajstić information content (AvgIpc) is 2.27. The van der Waals surface area contributed by atoms with Crippen LogP contribution in [-0.4, -0.2) is 5.25 Å². The molecule has 0 heterocycles. The Kier molecular flexibility index (Phi) is 4.20. The molecule has 0 aliphatic heterocycles. The number of nitrogens with two attached hydrogens (primary N) is 1. The van der Waals surface area contributed by atoms with Crippen LogP contribution in [0, 0.1) is 5.92 Å². The molecule has 1 aromatic carbocycles. The molecule has 0 aromatic heterocycles. The van der Waals surface area contributed by atoms with Crippen LogP contribution < -0.4 is 5.73 Å². The molecule has 0 spiro atoms. The van der Waals surface area contributed by atoms with E-state index in [4.69, 9.17) is 5.73 Å². The zero-order chi connectivity index (χ0) is 11.5. The zero-order valence-electron chi connectivity index (χ0n) is 9.58. The summed E-state index contributed by atoms with van der Waals surface area (Å²) in [5.41, 5.74) is 6.90. The molecule has 0 unspecified atom stereocenters. The van der Waals surface area contributed by atoms with E-state index in [-0.39, 0.29) is 0 Å². The summed E-state index contributed by atoms with van der Waals surface area (Å²) in [6, 6.07) is 6.12. The van der Waals surface area contributed by atoms with Crippen LogP contribution in [0.5, 0.6) is 0 Å². The SMILES string of the molecule is CC1CCC(Sc2cc(Br)ccc2N)CC1. The van der Waals surface area contributed by atoms with Crippen molar-refractivity contribution in [3.8, 4) is 0 Å². The van der Waals surface area contributed by atoms with Crippen LogP contribution in [0.3, 0.4) is 0 Å². The Bertz CT molecular complexity index is 359. The summed E-state index contributed by atoms with van der Waals surface area (Å²) in [6.07, 6.45) is 5.40. The number of rotatable bonds is 2. The number of halogens is 1. The van der Waals surface area contributed by atoms with Crippen molar-refractivity contribution in [3.63, 3.8) is 0 Å². The predicted molar refractivity (Wildman–Crippen MR) is 75.8 cm³/mol. The summed E-state index contributed by atoms with van der Waals surface area (Å²) in [6.45, 7) is 2.36. The first-order valence-electron chi connectivity index (χ1n) is 5.87. The van der Waals surface area contributed by atoms with Crippen molar-refractivity contribution in [2.24, 2.45) is 5.92 Å². The lowest BCUT2D eigenvalue weighted by molar-refractivity contribution is 0.393. The van der Waals surface area contributed by atoms with Crippen LogP contribution in [0.1, 0.15) is 32.6 Å². The highest BCUT2D eigenvalue weighted by Gasteiger charge is 2.19. The van der Waals surface area contributed by atoms with E-state index in [0.29, 0.717) is 0 Å². The van der Waals surface area contributed by atoms with Crippen molar-refractivity contribution in [1.82, 2.24) is 0 Å². The van der Waals surface area contributed by atoms with Crippen molar-refractivity contribution >= 4 is 33.4 Å². The number of hydrogen-bond donors (Lipinski definition) is 1. The van der Waals surface area contributed by atoms with Crippen LogP contribution in [-0.2, 0) is 0 Å². The second-order valence-corrected chi connectivity index (χ2v) is 6.94. The number of anilines is 1. The Hall–Kier alpha value is -0.150. The molecule has 0 saturated heterocycles. The molecule has 2 rings (SSSR count). The molecule has 1 aliphatic rings. The number of benzene rings is 1. The fourth-order valence-electron chi connectivity index (χ4n) is 2.14. The van der Waals surface area contributed by atoms with Gasteiger partial charge in [-0.05, 0) is 49.8 Å². The molecule has 1 fully saturated rings. The molecule has 2 N–H and O–H groups in total. The summed E-state index contributed by atoms with van der Waals surface area (Å²) in [5.74, 6) is 0.914. The normalized spacial score (nSPS) is 25.6. The maximum atomic E-state index is 5.99. The van der Waals surface area contributed by atoms with Crippen LogP contribution >= 0.6 is 27.7 Å². The Morgan fingerprint density at radius 1 is 1.25 bits per heavy atom. The summed E-state index contributed by atoms with van der Waals surface area (Å²) < 4.78 is 1.12. The molecule has 1 aliphatic carbocycles. The third-order valence-corrected chi connectivity index (χ3v) is 5.14. The largest absolute Gasteiger partial charge is 0.398 e. The van der Waals surface area contributed by atoms with Gasteiger partial charge in [-0.1, -0.05) is 22.9 Å². The lowest BCUT2D eigenvalue weighted by Gasteiger charge is -2.26. The van der Waals surface area contributed by atoms with E-state index in [0.717, 1.165) is 21.3 Å². The molecule has 0 amide bonds. The van der Waals surface area contributed by atoms with Crippen molar-refractivity contribution in [1.29, 1.82) is 0 Å². The molecule has 1 aromatic rings. The van der Waals surface area contributed by atoms with Gasteiger partial charge in [0.2, 0.25) is 0 Å². The smallest absolute Gasteiger partial charge is 0.0453 e. The molecule has 0 radical (unpaired) electrons. The van der Waals surface area contributed by atoms with Gasteiger partial charge in [0.15, 0.2) is 0 Å². The van der Waals surface area contributed by atoms with Gasteiger partial charge in [-0.2, -0.15) is 0 Å². The molecule has 1 nitrogen and oxygen atoms in total. The Morgan fingerprint density at radius 2 is 1.94 bits per heavy atom. The van der Waals surface area contributed by atoms with E-state index < -0.39 is 0 Å². The number of nitrogen functional groups attached to an aromatic ring is 1. The van der Waals surface area contributed by atoms with Gasteiger partial charge in [0.05, 0.1) is 0 Å². The summed E-state index contributed by atoms with van der Waals surface area (Å²) >= 11 is 5.45. The van der Waals surface area contributed by atoms with E-state index >= 15 is 0 Å². The third-order valence-electron chi connectivity index (χ3n) is 3.23. The molecule has 0 atom stereocenters. The lowest BCUT2D eigenvalue weighted by atomic mass is 9.91. The highest BCUT2D eigenvalue weighted by molar-refractivity contribution is 9.10. The van der Waals surface area contributed by atoms with Gasteiger partial charge in [0, 0.05) is 20.3 Å². The van der Waals surface area contributed by atoms with E-state index in [2.05, 4.69) is 28.9 Å². The first kappa shape index (κ1) is 12.3. The molecular weight excluding hydrogens is 282 g/mol. The second kappa shape index (κ2) is 5.46. The number of hydrogen-bond acceptors (Lipinski definition) is 2. The van der Waals surface area contributed by atoms with Crippen molar-refractivity contribution in [2.75, 3.05) is 5.73 Å². The quantitative estimate of drug-likeness (QED) is 0.801. The Morgan fingerprint density at radius 3 is 2.62 bits per heavy atom. The third kappa shape index (κ3) is 3.17. The van der Waals surface area contributed by atoms with Gasteiger partial charge in [-0.3, -0.25) is 0 Å². The van der Waals surface area contributed by atoms with Crippen molar-refractivity contribution in [3.05, 3.63) is 22.7 Å². The minimum absolute atomic E-state index is 0.757. The van der Waals surface area contributed by atoms with Crippen LogP contribution in [0.4, 0.5) is 5.69 Å². The fourth-order valence-corrected chi connectivity index (χ4v) is 3.92. The summed E-state index contributed by atoms with van der Waals surface area (Å²) in [4.78, 5) is 1.23. The van der Waals surface area contributed by atoms with Gasteiger partial charge in [-0.15, -0.1) is 11.8 Å². The average molecular weight is 300 g/mol. The minimum Gasteiger partial charge on any atom is -0.398 e. The van der Waals surface area contributed by atoms with Crippen molar-refractivity contribution in [2.45, 2.75) is 42.8 Å². The van der Waals surface area contributed by atoms with E-state index in [1.807, 2.05) is 23.9 Å². The highest BCUT2D eigenvalue weighted by Crippen LogP contribution is 2.38. The van der Waals surface area contributed by atoms with E-state index in [9.17, 15) is 0 Å². The van der Waals surface area contributed by atoms with Crippen LogP contribution in [0.25, 0.3) is 0 Å². The Balaban J connectivity index is 2.00. The van der Waals surface area contributed by atoms with Gasteiger partial charge < -0.3 is 5.73 Å². The maximum absolute atomic E-state index is 5.99. The molecular formula is C13H18BrNS. The molecule has 0 bridgehead atoms. The minimum atomic E-state index is 0.757. The van der Waals surface area contributed by atoms with Gasteiger partial charge in [-0.25, -0.2) is 0 Å². The van der Waals surface area contributed by atoms with E-state index in [1.165, 1.54) is 30.6 Å². The standard InChI is InChI=1S/C13H18BrNS/c1-9-2-5-11(6-3-9)16-13-8-10(14)4-7-12(13)15/h4,7-9,11H,2-3,5-6,15H2,1H3. The topological polar surface area (TPSA) is 26.0 Å². The van der Waals surface area contributed by atoms with Crippen molar-refractivity contribution < 1.29 is 0 Å². The lowest BCUT2D eigenvalue weighted by Crippen LogP contribution is -2.14. The molecule has 3 heteroatoms. The first-order chi connectivity index (χ1) is 7.65. The van der Waals surface area contributed by atoms with Gasteiger partial charge in [0.1, 0.15) is 0 Å². The van der Waals surface area contributed by atoms with E-state index in [1.54, 1.807) is 0 Å². The predicted octanol–water partition coefficient (Wildman–Crippen LogP) is 4.70. The molecule has 1 saturated carbocycles. The van der Waals surface area contributed by atoms with Crippen LogP contribution in [0.15, 0.2) is 27.6 Å². The fraction of sp³-hybridized carbons (Fsp3) is 0.538. The monoisotopic (exact) mass is 299 g/mol. The number of thioether (sulfide) groups is 1. The highest BCUT2D eigenvalue weighted by atomic mass is 79.9. The maximum Gasteiger partial charge on any atom is 0.0453 e.